The van der Waals surface area contributed by atoms with Crippen LogP contribution < -0.4 is 0 Å². The summed E-state index contributed by atoms with van der Waals surface area (Å²) in [7, 11) is 0. The van der Waals surface area contributed by atoms with Gasteiger partial charge in [-0.15, -0.1) is 0 Å². The van der Waals surface area contributed by atoms with E-state index < -0.39 is 12.6 Å². The molecule has 0 aliphatic carbocycles. The molecule has 0 radical (unpaired) electrons. The van der Waals surface area contributed by atoms with E-state index >= 15 is 0 Å². The van der Waals surface area contributed by atoms with Crippen molar-refractivity contribution in [2.24, 2.45) is 0 Å². The summed E-state index contributed by atoms with van der Waals surface area (Å²) >= 11 is 0. The van der Waals surface area contributed by atoms with Gasteiger partial charge in [0, 0.05) is 6.20 Å². The summed E-state index contributed by atoms with van der Waals surface area (Å²) in [5, 5.41) is 3.89. The van der Waals surface area contributed by atoms with Crippen molar-refractivity contribution in [2.45, 2.75) is 38.9 Å². The van der Waals surface area contributed by atoms with Crippen molar-refractivity contribution >= 4 is 11.2 Å². The van der Waals surface area contributed by atoms with Gasteiger partial charge in [-0.05, 0) is 5.92 Å². The molecule has 0 atom stereocenters. The van der Waals surface area contributed by atoms with Gasteiger partial charge in [-0.25, -0.2) is 14.6 Å². The van der Waals surface area contributed by atoms with Gasteiger partial charge in [0.15, 0.2) is 5.65 Å². The van der Waals surface area contributed by atoms with Crippen molar-refractivity contribution in [3.05, 3.63) is 18.1 Å². The molecule has 0 unspecified atom stereocenters. The molecule has 7 heteroatoms. The van der Waals surface area contributed by atoms with Crippen LogP contribution in [0.25, 0.3) is 11.2 Å². The quantitative estimate of drug-likeness (QED) is 0.850. The first kappa shape index (κ1) is 12.8. The van der Waals surface area contributed by atoms with Crippen LogP contribution in [0.4, 0.5) is 13.2 Å². The number of aromatic nitrogens is 4. The van der Waals surface area contributed by atoms with Crippen molar-refractivity contribution in [3.63, 3.8) is 0 Å². The fourth-order valence-electron chi connectivity index (χ4n) is 1.54. The minimum Gasteiger partial charge on any atom is -0.249 e. The van der Waals surface area contributed by atoms with Crippen LogP contribution in [0, 0.1) is 0 Å². The summed E-state index contributed by atoms with van der Waals surface area (Å²) in [6.07, 6.45) is -2.05. The highest BCUT2D eigenvalue weighted by Crippen LogP contribution is 2.21. The van der Waals surface area contributed by atoms with E-state index in [-0.39, 0.29) is 12.5 Å². The molecule has 2 aromatic heterocycles. The van der Waals surface area contributed by atoms with Crippen LogP contribution >= 0.6 is 0 Å². The molecule has 0 aliphatic heterocycles. The maximum atomic E-state index is 12.2. The van der Waals surface area contributed by atoms with Crippen molar-refractivity contribution in [2.75, 3.05) is 0 Å². The normalized spacial score (nSPS) is 12.6. The lowest BCUT2D eigenvalue weighted by atomic mass is 10.1. The Balaban J connectivity index is 2.31. The van der Waals surface area contributed by atoms with Crippen molar-refractivity contribution < 1.29 is 13.2 Å². The first-order valence-electron chi connectivity index (χ1n) is 5.62. The summed E-state index contributed by atoms with van der Waals surface area (Å²) in [5.41, 5.74) is 1.67. The second kappa shape index (κ2) is 4.55. The smallest absolute Gasteiger partial charge is 0.249 e. The van der Waals surface area contributed by atoms with E-state index in [1.54, 1.807) is 6.20 Å². The predicted molar refractivity (Wildman–Crippen MR) is 60.1 cm³/mol. The zero-order valence-corrected chi connectivity index (χ0v) is 10.1. The third-order valence-corrected chi connectivity index (χ3v) is 2.56. The lowest BCUT2D eigenvalue weighted by Crippen LogP contribution is -2.13. The number of rotatable bonds is 3. The Morgan fingerprint density at radius 1 is 1.28 bits per heavy atom. The number of aryl methyl sites for hydroxylation is 1. The van der Waals surface area contributed by atoms with E-state index in [2.05, 4.69) is 15.1 Å². The monoisotopic (exact) mass is 258 g/mol. The molecule has 98 valence electrons. The van der Waals surface area contributed by atoms with E-state index in [4.69, 9.17) is 0 Å². The Morgan fingerprint density at radius 3 is 2.61 bits per heavy atom. The molecule has 0 bridgehead atoms. The van der Waals surface area contributed by atoms with Crippen molar-refractivity contribution in [3.8, 4) is 0 Å². The molecule has 2 aromatic rings. The average molecular weight is 258 g/mol. The van der Waals surface area contributed by atoms with Gasteiger partial charge < -0.3 is 0 Å². The number of hydrogen-bond acceptors (Lipinski definition) is 3. The van der Waals surface area contributed by atoms with E-state index in [9.17, 15) is 13.2 Å². The highest BCUT2D eigenvalue weighted by molar-refractivity contribution is 5.69. The molecule has 0 spiro atoms. The van der Waals surface area contributed by atoms with Gasteiger partial charge in [-0.2, -0.15) is 18.3 Å². The van der Waals surface area contributed by atoms with Crippen LogP contribution in [0.1, 0.15) is 31.9 Å². The van der Waals surface area contributed by atoms with E-state index in [1.165, 1.54) is 10.9 Å². The molecule has 0 saturated heterocycles. The highest BCUT2D eigenvalue weighted by atomic mass is 19.4. The largest absolute Gasteiger partial charge is 0.390 e. The van der Waals surface area contributed by atoms with Gasteiger partial charge >= 0.3 is 6.18 Å². The van der Waals surface area contributed by atoms with E-state index in [0.29, 0.717) is 11.2 Å². The van der Waals surface area contributed by atoms with Gasteiger partial charge in [-0.1, -0.05) is 13.8 Å². The molecule has 0 N–H and O–H groups in total. The molecule has 4 nitrogen and oxygen atoms in total. The van der Waals surface area contributed by atoms with Crippen molar-refractivity contribution in [1.82, 2.24) is 19.7 Å². The number of nitrogens with zero attached hydrogens (tertiary/aromatic N) is 4. The Morgan fingerprint density at radius 2 is 2.00 bits per heavy atom. The highest BCUT2D eigenvalue weighted by Gasteiger charge is 2.27. The second-order valence-electron chi connectivity index (χ2n) is 4.39. The molecular weight excluding hydrogens is 245 g/mol. The SMILES string of the molecule is CC(C)c1cnc2cnn(CCC(F)(F)F)c2n1. The van der Waals surface area contributed by atoms with Crippen LogP contribution in [-0.2, 0) is 6.54 Å². The molecule has 18 heavy (non-hydrogen) atoms. The molecule has 0 aromatic carbocycles. The topological polar surface area (TPSA) is 43.6 Å². The molecule has 2 rings (SSSR count). The van der Waals surface area contributed by atoms with Crippen LogP contribution in [0.2, 0.25) is 0 Å². The predicted octanol–water partition coefficient (Wildman–Crippen LogP) is 2.90. The Labute approximate surface area is 102 Å². The summed E-state index contributed by atoms with van der Waals surface area (Å²) < 4.78 is 37.8. The van der Waals surface area contributed by atoms with E-state index in [0.717, 1.165) is 5.69 Å². The third kappa shape index (κ3) is 2.77. The fraction of sp³-hybridized carbons (Fsp3) is 0.545. The minimum absolute atomic E-state index is 0.174. The maximum absolute atomic E-state index is 12.2. The summed E-state index contributed by atoms with van der Waals surface area (Å²) in [6.45, 7) is 3.67. The molecular formula is C11H13F3N4. The van der Waals surface area contributed by atoms with Crippen LogP contribution in [0.3, 0.4) is 0 Å². The lowest BCUT2D eigenvalue weighted by molar-refractivity contribution is -0.137. The number of hydrogen-bond donors (Lipinski definition) is 0. The fourth-order valence-corrected chi connectivity index (χ4v) is 1.54. The first-order chi connectivity index (χ1) is 8.37. The molecule has 2 heterocycles. The van der Waals surface area contributed by atoms with Gasteiger partial charge in [0.05, 0.1) is 24.9 Å². The van der Waals surface area contributed by atoms with Crippen LogP contribution in [-0.4, -0.2) is 25.9 Å². The zero-order chi connectivity index (χ0) is 13.3. The Kier molecular flexibility index (Phi) is 3.23. The Bertz CT molecular complexity index is 545. The molecule has 0 saturated carbocycles. The molecule has 0 fully saturated rings. The average Bonchev–Trinajstić information content (AvgIpc) is 2.67. The first-order valence-corrected chi connectivity index (χ1v) is 5.62. The zero-order valence-electron chi connectivity index (χ0n) is 10.1. The summed E-state index contributed by atoms with van der Waals surface area (Å²) in [5.74, 6) is 0.174. The third-order valence-electron chi connectivity index (χ3n) is 2.56. The second-order valence-corrected chi connectivity index (χ2v) is 4.39. The Hall–Kier alpha value is -1.66. The number of fused-ring (bicyclic) bond motifs is 1. The van der Waals surface area contributed by atoms with Crippen molar-refractivity contribution in [1.29, 1.82) is 0 Å². The molecule has 0 amide bonds. The number of halogens is 3. The standard InChI is InChI=1S/C11H13F3N4/c1-7(2)8-5-15-9-6-16-18(10(9)17-8)4-3-11(12,13)14/h5-7H,3-4H2,1-2H3. The van der Waals surface area contributed by atoms with E-state index in [1.807, 2.05) is 13.8 Å². The maximum Gasteiger partial charge on any atom is 0.390 e. The summed E-state index contributed by atoms with van der Waals surface area (Å²) in [4.78, 5) is 8.45. The minimum atomic E-state index is -4.19. The number of alkyl halides is 3. The van der Waals surface area contributed by atoms with Crippen LogP contribution in [0.5, 0.6) is 0 Å². The van der Waals surface area contributed by atoms with Gasteiger partial charge in [-0.3, -0.25) is 0 Å². The van der Waals surface area contributed by atoms with Gasteiger partial charge in [0.1, 0.15) is 5.52 Å². The lowest BCUT2D eigenvalue weighted by Gasteiger charge is -2.08. The summed E-state index contributed by atoms with van der Waals surface area (Å²) in [6, 6.07) is 0. The van der Waals surface area contributed by atoms with Gasteiger partial charge in [0.25, 0.3) is 0 Å². The van der Waals surface area contributed by atoms with Crippen LogP contribution in [0.15, 0.2) is 12.4 Å². The van der Waals surface area contributed by atoms with Gasteiger partial charge in [0.2, 0.25) is 0 Å². The molecule has 0 aliphatic rings.